The Morgan fingerprint density at radius 1 is 0.533 bits per heavy atom. The van der Waals surface area contributed by atoms with E-state index in [2.05, 4.69) is 25.3 Å². The predicted molar refractivity (Wildman–Crippen MR) is 71.1 cm³/mol. The summed E-state index contributed by atoms with van der Waals surface area (Å²) in [4.78, 5) is 0. The van der Waals surface area contributed by atoms with E-state index in [1.54, 1.807) is 0 Å². The van der Waals surface area contributed by atoms with Crippen LogP contribution in [0.25, 0.3) is 0 Å². The smallest absolute Gasteiger partial charge is 0.0316 e. The van der Waals surface area contributed by atoms with Crippen LogP contribution >= 0.6 is 0 Å². The van der Waals surface area contributed by atoms with E-state index in [0.717, 1.165) is 12.8 Å². The quantitative estimate of drug-likeness (QED) is 0.312. The molecule has 0 nitrogen and oxygen atoms in total. The van der Waals surface area contributed by atoms with Gasteiger partial charge in [0.1, 0.15) is 0 Å². The van der Waals surface area contributed by atoms with E-state index in [0.29, 0.717) is 0 Å². The average molecular weight is 206 g/mol. The van der Waals surface area contributed by atoms with Gasteiger partial charge in [-0.1, -0.05) is 43.6 Å². The second kappa shape index (κ2) is 13.2. The number of hydrogen-bond donors (Lipinski definition) is 0. The Labute approximate surface area is 95.8 Å². The molecule has 0 heteroatoms. The van der Waals surface area contributed by atoms with E-state index in [9.17, 15) is 0 Å². The molecular weight excluding hydrogens is 180 g/mol. The highest BCUT2D eigenvalue weighted by Crippen LogP contribution is 2.07. The molecule has 0 fully saturated rings. The SMILES string of the molecule is C=CCCC=CCCCCCCCC=C. The molecule has 0 aromatic carbocycles. The number of allylic oxidation sites excluding steroid dienone is 4. The van der Waals surface area contributed by atoms with Crippen LogP contribution in [0, 0.1) is 0 Å². The molecule has 0 N–H and O–H groups in total. The molecule has 0 aliphatic heterocycles. The highest BCUT2D eigenvalue weighted by Gasteiger charge is 1.88. The van der Waals surface area contributed by atoms with Gasteiger partial charge in [0.05, 0.1) is 0 Å². The standard InChI is InChI=1S/C15H26/c1-3-5-7-9-11-13-15-14-12-10-8-6-4-2/h3-4,9,11H,1-2,5-8,10,12-15H2. The summed E-state index contributed by atoms with van der Waals surface area (Å²) in [5.41, 5.74) is 0. The highest BCUT2D eigenvalue weighted by molar-refractivity contribution is 4.84. The van der Waals surface area contributed by atoms with Crippen molar-refractivity contribution in [2.45, 2.75) is 57.8 Å². The molecule has 0 aliphatic carbocycles. The van der Waals surface area contributed by atoms with E-state index in [1.807, 2.05) is 12.2 Å². The Morgan fingerprint density at radius 3 is 1.73 bits per heavy atom. The lowest BCUT2D eigenvalue weighted by atomic mass is 10.1. The summed E-state index contributed by atoms with van der Waals surface area (Å²) in [5.74, 6) is 0. The fourth-order valence-corrected chi connectivity index (χ4v) is 1.53. The third-order valence-corrected chi connectivity index (χ3v) is 2.48. The van der Waals surface area contributed by atoms with E-state index in [4.69, 9.17) is 0 Å². The highest BCUT2D eigenvalue weighted by atomic mass is 13.9. The molecule has 15 heavy (non-hydrogen) atoms. The van der Waals surface area contributed by atoms with Crippen molar-refractivity contribution in [3.05, 3.63) is 37.5 Å². The molecule has 86 valence electrons. The summed E-state index contributed by atoms with van der Waals surface area (Å²) in [5, 5.41) is 0. The van der Waals surface area contributed by atoms with Crippen LogP contribution in [-0.4, -0.2) is 0 Å². The van der Waals surface area contributed by atoms with Gasteiger partial charge in [0.15, 0.2) is 0 Å². The van der Waals surface area contributed by atoms with Gasteiger partial charge in [0.25, 0.3) is 0 Å². The lowest BCUT2D eigenvalue weighted by molar-refractivity contribution is 0.622. The maximum absolute atomic E-state index is 3.73. The molecular formula is C15H26. The first kappa shape index (κ1) is 14.2. The van der Waals surface area contributed by atoms with E-state index >= 15 is 0 Å². The Morgan fingerprint density at radius 2 is 1.07 bits per heavy atom. The van der Waals surface area contributed by atoms with Gasteiger partial charge in [-0.3, -0.25) is 0 Å². The molecule has 0 atom stereocenters. The maximum atomic E-state index is 3.73. The lowest BCUT2D eigenvalue weighted by Gasteiger charge is -1.97. The molecule has 0 aromatic rings. The molecule has 0 rings (SSSR count). The van der Waals surface area contributed by atoms with Gasteiger partial charge in [-0.05, 0) is 38.5 Å². The van der Waals surface area contributed by atoms with Gasteiger partial charge in [-0.15, -0.1) is 13.2 Å². The van der Waals surface area contributed by atoms with Crippen molar-refractivity contribution < 1.29 is 0 Å². The van der Waals surface area contributed by atoms with E-state index in [1.165, 1.54) is 44.9 Å². The predicted octanol–water partition coefficient (Wildman–Crippen LogP) is 5.43. The third-order valence-electron chi connectivity index (χ3n) is 2.48. The molecule has 0 amide bonds. The number of unbranched alkanes of at least 4 members (excludes halogenated alkanes) is 7. The number of hydrogen-bond acceptors (Lipinski definition) is 0. The summed E-state index contributed by atoms with van der Waals surface area (Å²) >= 11 is 0. The second-order valence-corrected chi connectivity index (χ2v) is 3.97. The fourth-order valence-electron chi connectivity index (χ4n) is 1.53. The van der Waals surface area contributed by atoms with Crippen molar-refractivity contribution in [2.75, 3.05) is 0 Å². The first-order valence-electron chi connectivity index (χ1n) is 6.28. The van der Waals surface area contributed by atoms with Crippen LogP contribution in [0.15, 0.2) is 37.5 Å². The summed E-state index contributed by atoms with van der Waals surface area (Å²) in [6.07, 6.45) is 20.1. The first-order valence-corrected chi connectivity index (χ1v) is 6.28. The molecule has 0 aliphatic rings. The Bertz CT molecular complexity index is 165. The molecule has 0 saturated heterocycles. The molecule has 0 radical (unpaired) electrons. The van der Waals surface area contributed by atoms with Crippen LogP contribution in [0.4, 0.5) is 0 Å². The van der Waals surface area contributed by atoms with Crippen LogP contribution in [-0.2, 0) is 0 Å². The lowest BCUT2D eigenvalue weighted by Crippen LogP contribution is -1.78. The van der Waals surface area contributed by atoms with Gasteiger partial charge in [-0.25, -0.2) is 0 Å². The van der Waals surface area contributed by atoms with Crippen molar-refractivity contribution in [3.63, 3.8) is 0 Å². The summed E-state index contributed by atoms with van der Waals surface area (Å²) in [6, 6.07) is 0. The van der Waals surface area contributed by atoms with Crippen molar-refractivity contribution >= 4 is 0 Å². The van der Waals surface area contributed by atoms with Crippen LogP contribution in [0.3, 0.4) is 0 Å². The van der Waals surface area contributed by atoms with Crippen LogP contribution in [0.5, 0.6) is 0 Å². The fraction of sp³-hybridized carbons (Fsp3) is 0.600. The van der Waals surface area contributed by atoms with Gasteiger partial charge in [-0.2, -0.15) is 0 Å². The zero-order chi connectivity index (χ0) is 11.2. The Hall–Kier alpha value is -0.780. The zero-order valence-corrected chi connectivity index (χ0v) is 10.1. The van der Waals surface area contributed by atoms with Crippen LogP contribution < -0.4 is 0 Å². The minimum absolute atomic E-state index is 1.11. The van der Waals surface area contributed by atoms with Crippen molar-refractivity contribution in [3.8, 4) is 0 Å². The van der Waals surface area contributed by atoms with Crippen molar-refractivity contribution in [1.82, 2.24) is 0 Å². The molecule has 0 spiro atoms. The van der Waals surface area contributed by atoms with Crippen LogP contribution in [0.1, 0.15) is 57.8 Å². The minimum atomic E-state index is 1.11. The monoisotopic (exact) mass is 206 g/mol. The first-order chi connectivity index (χ1) is 7.41. The Balaban J connectivity index is 3.00. The maximum Gasteiger partial charge on any atom is -0.0316 e. The van der Waals surface area contributed by atoms with Crippen LogP contribution in [0.2, 0.25) is 0 Å². The number of rotatable bonds is 11. The van der Waals surface area contributed by atoms with E-state index in [-0.39, 0.29) is 0 Å². The van der Waals surface area contributed by atoms with Crippen molar-refractivity contribution in [2.24, 2.45) is 0 Å². The van der Waals surface area contributed by atoms with E-state index < -0.39 is 0 Å². The average Bonchev–Trinajstić information content (AvgIpc) is 2.26. The largest absolute Gasteiger partial charge is 0.103 e. The molecule has 0 heterocycles. The minimum Gasteiger partial charge on any atom is -0.103 e. The summed E-state index contributed by atoms with van der Waals surface area (Å²) in [6.45, 7) is 7.43. The van der Waals surface area contributed by atoms with Gasteiger partial charge in [0, 0.05) is 0 Å². The second-order valence-electron chi connectivity index (χ2n) is 3.97. The zero-order valence-electron chi connectivity index (χ0n) is 10.1. The third kappa shape index (κ3) is 13.2. The molecule has 0 saturated carbocycles. The van der Waals surface area contributed by atoms with Gasteiger partial charge in [0.2, 0.25) is 0 Å². The summed E-state index contributed by atoms with van der Waals surface area (Å²) < 4.78 is 0. The van der Waals surface area contributed by atoms with Crippen molar-refractivity contribution in [1.29, 1.82) is 0 Å². The molecule has 0 unspecified atom stereocenters. The summed E-state index contributed by atoms with van der Waals surface area (Å²) in [7, 11) is 0. The Kier molecular flexibility index (Phi) is 12.5. The van der Waals surface area contributed by atoms with Gasteiger partial charge < -0.3 is 0 Å². The molecule has 0 aromatic heterocycles. The topological polar surface area (TPSA) is 0 Å². The molecule has 0 bridgehead atoms. The van der Waals surface area contributed by atoms with Gasteiger partial charge >= 0.3 is 0 Å². The normalized spacial score (nSPS) is 10.7.